The molecule has 2 N–H and O–H groups in total. The molecule has 1 heterocycles. The van der Waals surface area contributed by atoms with E-state index in [1.807, 2.05) is 6.20 Å². The third-order valence-electron chi connectivity index (χ3n) is 12.1. The first-order valence-corrected chi connectivity index (χ1v) is 25.2. The van der Waals surface area contributed by atoms with Crippen molar-refractivity contribution in [2.45, 2.75) is 253 Å². The Kier molecular flexibility index (Phi) is 36.3. The second kappa shape index (κ2) is 38.9. The van der Waals surface area contributed by atoms with Gasteiger partial charge in [0.05, 0.1) is 43.8 Å². The van der Waals surface area contributed by atoms with Gasteiger partial charge in [-0.2, -0.15) is 0 Å². The summed E-state index contributed by atoms with van der Waals surface area (Å²) in [7, 11) is 0. The number of hydrogen-bond donors (Lipinski definition) is 2. The fourth-order valence-electron chi connectivity index (χ4n) is 8.24. The molecule has 9 heteroatoms. The number of aliphatic hydroxyl groups is 2. The summed E-state index contributed by atoms with van der Waals surface area (Å²) in [6.45, 7) is 14.0. The average molecular weight is 834 g/mol. The summed E-state index contributed by atoms with van der Waals surface area (Å²) < 4.78 is 13.7. The predicted molar refractivity (Wildman–Crippen MR) is 245 cm³/mol. The van der Waals surface area contributed by atoms with Crippen LogP contribution in [0.5, 0.6) is 0 Å². The molecule has 0 amide bonds. The number of esters is 2. The lowest BCUT2D eigenvalue weighted by molar-refractivity contribution is -0.150. The first-order chi connectivity index (χ1) is 28.8. The normalized spacial score (nSPS) is 13.8. The topological polar surface area (TPSA) is 114 Å². The number of carbonyl (C=O) groups excluding carboxylic acids is 2. The largest absolute Gasteiger partial charge is 0.465 e. The summed E-state index contributed by atoms with van der Waals surface area (Å²) in [6.07, 6.45) is 34.7. The molecule has 0 aliphatic carbocycles. The Morgan fingerprint density at radius 1 is 0.542 bits per heavy atom. The molecular weight excluding hydrogens is 739 g/mol. The van der Waals surface area contributed by atoms with Gasteiger partial charge in [0, 0.05) is 32.0 Å². The van der Waals surface area contributed by atoms with Crippen LogP contribution in [-0.4, -0.2) is 75.1 Å². The zero-order valence-corrected chi connectivity index (χ0v) is 39.3. The minimum Gasteiger partial charge on any atom is -0.465 e. The highest BCUT2D eigenvalue weighted by Crippen LogP contribution is 2.22. The van der Waals surface area contributed by atoms with Gasteiger partial charge in [-0.3, -0.25) is 14.5 Å². The number of ether oxygens (including phenoxy) is 2. The van der Waals surface area contributed by atoms with Crippen LogP contribution >= 0.6 is 0 Å². The summed E-state index contributed by atoms with van der Waals surface area (Å²) in [6, 6.07) is 0. The van der Waals surface area contributed by atoms with Gasteiger partial charge in [0.1, 0.15) is 5.82 Å². The smallest absolute Gasteiger partial charge is 0.308 e. The van der Waals surface area contributed by atoms with Crippen LogP contribution in [0.2, 0.25) is 0 Å². The second-order valence-electron chi connectivity index (χ2n) is 17.7. The number of aromatic nitrogens is 2. The maximum atomic E-state index is 13.1. The van der Waals surface area contributed by atoms with Crippen molar-refractivity contribution in [1.82, 2.24) is 14.5 Å². The van der Waals surface area contributed by atoms with Crippen molar-refractivity contribution < 1.29 is 29.3 Å². The number of imidazole rings is 1. The van der Waals surface area contributed by atoms with Crippen molar-refractivity contribution in [1.29, 1.82) is 0 Å². The molecule has 1 aromatic heterocycles. The van der Waals surface area contributed by atoms with Gasteiger partial charge in [-0.15, -0.1) is 0 Å². The predicted octanol–water partition coefficient (Wildman–Crippen LogP) is 12.5. The molecule has 0 aliphatic heterocycles. The van der Waals surface area contributed by atoms with Gasteiger partial charge in [0.15, 0.2) is 0 Å². The Morgan fingerprint density at radius 3 is 1.29 bits per heavy atom. The SMILES string of the molecule is CCCCCCCCC(CCCCCC)C(=O)OCCCCC(O)CN(Cc1nccn1CC)CC(O)CCCCOC(=O)C(CCCCCC)CCCCCCCC. The molecular formula is C50H95N3O6. The van der Waals surface area contributed by atoms with E-state index in [1.165, 1.54) is 103 Å². The van der Waals surface area contributed by atoms with Crippen LogP contribution in [0.1, 0.15) is 233 Å². The van der Waals surface area contributed by atoms with Crippen LogP contribution in [0.4, 0.5) is 0 Å². The van der Waals surface area contributed by atoms with E-state index < -0.39 is 12.2 Å². The molecule has 1 rings (SSSR count). The molecule has 0 radical (unpaired) electrons. The number of carbonyl (C=O) groups is 2. The van der Waals surface area contributed by atoms with Gasteiger partial charge in [-0.1, -0.05) is 156 Å². The zero-order chi connectivity index (χ0) is 43.2. The third-order valence-corrected chi connectivity index (χ3v) is 12.1. The first kappa shape index (κ1) is 55.0. The fourth-order valence-corrected chi connectivity index (χ4v) is 8.24. The van der Waals surface area contributed by atoms with Crippen LogP contribution in [-0.2, 0) is 32.2 Å². The van der Waals surface area contributed by atoms with E-state index in [0.29, 0.717) is 45.7 Å². The molecule has 1 aromatic rings. The lowest BCUT2D eigenvalue weighted by atomic mass is 9.94. The second-order valence-corrected chi connectivity index (χ2v) is 17.7. The molecule has 0 saturated heterocycles. The molecule has 0 spiro atoms. The first-order valence-electron chi connectivity index (χ1n) is 25.2. The summed E-state index contributed by atoms with van der Waals surface area (Å²) in [4.78, 5) is 32.8. The van der Waals surface area contributed by atoms with E-state index in [4.69, 9.17) is 9.47 Å². The standard InChI is InChI=1S/C50H95N3O6/c1-6-11-15-19-21-25-33-44(31-23-17-13-8-3)49(56)58-39-29-27-35-46(54)41-52(43-48-51-37-38-53(48)10-5)42-47(55)36-28-30-40-59-50(57)45(32-24-18-14-9-4)34-26-22-20-16-12-7-2/h37-38,44-47,54-55H,6-36,39-43H2,1-5H3. The molecule has 0 fully saturated rings. The fraction of sp³-hybridized carbons (Fsp3) is 0.900. The molecule has 4 unspecified atom stereocenters. The summed E-state index contributed by atoms with van der Waals surface area (Å²) in [5.41, 5.74) is 0. The summed E-state index contributed by atoms with van der Waals surface area (Å²) in [5, 5.41) is 22.2. The number of aryl methyl sites for hydroxylation is 1. The van der Waals surface area contributed by atoms with Gasteiger partial charge in [0.2, 0.25) is 0 Å². The van der Waals surface area contributed by atoms with Crippen molar-refractivity contribution in [3.63, 3.8) is 0 Å². The van der Waals surface area contributed by atoms with Gasteiger partial charge >= 0.3 is 11.9 Å². The zero-order valence-electron chi connectivity index (χ0n) is 39.3. The molecule has 0 saturated carbocycles. The van der Waals surface area contributed by atoms with Crippen LogP contribution in [0.3, 0.4) is 0 Å². The highest BCUT2D eigenvalue weighted by molar-refractivity contribution is 5.72. The molecule has 0 aliphatic rings. The van der Waals surface area contributed by atoms with Crippen molar-refractivity contribution in [3.05, 3.63) is 18.2 Å². The molecule has 4 atom stereocenters. The average Bonchev–Trinajstić information content (AvgIpc) is 3.68. The number of hydrogen-bond acceptors (Lipinski definition) is 8. The Morgan fingerprint density at radius 2 is 0.898 bits per heavy atom. The number of unbranched alkanes of at least 4 members (excludes halogenated alkanes) is 18. The lowest BCUT2D eigenvalue weighted by Crippen LogP contribution is -2.38. The van der Waals surface area contributed by atoms with E-state index in [-0.39, 0.29) is 23.8 Å². The Bertz CT molecular complexity index is 1040. The van der Waals surface area contributed by atoms with Crippen LogP contribution < -0.4 is 0 Å². The van der Waals surface area contributed by atoms with Gasteiger partial charge in [-0.25, -0.2) is 4.98 Å². The lowest BCUT2D eigenvalue weighted by Gasteiger charge is -2.27. The summed E-state index contributed by atoms with van der Waals surface area (Å²) in [5.74, 6) is 0.857. The van der Waals surface area contributed by atoms with Crippen molar-refractivity contribution in [2.75, 3.05) is 26.3 Å². The van der Waals surface area contributed by atoms with E-state index >= 15 is 0 Å². The van der Waals surface area contributed by atoms with E-state index in [2.05, 4.69) is 49.1 Å². The van der Waals surface area contributed by atoms with Gasteiger partial charge in [0.25, 0.3) is 0 Å². The molecule has 9 nitrogen and oxygen atoms in total. The minimum atomic E-state index is -0.562. The monoisotopic (exact) mass is 834 g/mol. The number of nitrogens with zero attached hydrogens (tertiary/aromatic N) is 3. The van der Waals surface area contributed by atoms with Crippen molar-refractivity contribution in [2.24, 2.45) is 11.8 Å². The highest BCUT2D eigenvalue weighted by Gasteiger charge is 2.22. The Hall–Kier alpha value is -1.97. The van der Waals surface area contributed by atoms with Crippen LogP contribution in [0.15, 0.2) is 12.4 Å². The highest BCUT2D eigenvalue weighted by atomic mass is 16.5. The van der Waals surface area contributed by atoms with Gasteiger partial charge < -0.3 is 24.3 Å². The van der Waals surface area contributed by atoms with E-state index in [1.54, 1.807) is 6.20 Å². The molecule has 0 aromatic carbocycles. The van der Waals surface area contributed by atoms with Gasteiger partial charge in [-0.05, 0) is 71.1 Å². The van der Waals surface area contributed by atoms with Crippen LogP contribution in [0.25, 0.3) is 0 Å². The third kappa shape index (κ3) is 29.8. The molecule has 59 heavy (non-hydrogen) atoms. The van der Waals surface area contributed by atoms with E-state index in [0.717, 1.165) is 89.4 Å². The number of rotatable bonds is 43. The molecule has 0 bridgehead atoms. The summed E-state index contributed by atoms with van der Waals surface area (Å²) >= 11 is 0. The van der Waals surface area contributed by atoms with Crippen molar-refractivity contribution >= 4 is 11.9 Å². The van der Waals surface area contributed by atoms with E-state index in [9.17, 15) is 19.8 Å². The quantitative estimate of drug-likeness (QED) is 0.0494. The molecule has 346 valence electrons. The van der Waals surface area contributed by atoms with Crippen molar-refractivity contribution in [3.8, 4) is 0 Å². The number of aliphatic hydroxyl groups excluding tert-OH is 2. The maximum absolute atomic E-state index is 13.1. The maximum Gasteiger partial charge on any atom is 0.308 e. The van der Waals surface area contributed by atoms with Crippen LogP contribution in [0, 0.1) is 11.8 Å². The minimum absolute atomic E-state index is 0.00600. The Labute approximate surface area is 363 Å². The Balaban J connectivity index is 2.56.